The third-order valence-corrected chi connectivity index (χ3v) is 3.81. The van der Waals surface area contributed by atoms with E-state index >= 15 is 0 Å². The van der Waals surface area contributed by atoms with E-state index in [1.807, 2.05) is 24.3 Å². The molecule has 0 bridgehead atoms. The molecular formula is C15H16ClN5O2. The van der Waals surface area contributed by atoms with Crippen LogP contribution in [0, 0.1) is 0 Å². The van der Waals surface area contributed by atoms with E-state index < -0.39 is 0 Å². The minimum atomic E-state index is -0.301. The third kappa shape index (κ3) is 3.29. The predicted octanol–water partition coefficient (Wildman–Crippen LogP) is 2.74. The molecule has 1 amide bonds. The van der Waals surface area contributed by atoms with Crippen molar-refractivity contribution in [3.63, 3.8) is 0 Å². The Labute approximate surface area is 138 Å². The summed E-state index contributed by atoms with van der Waals surface area (Å²) < 4.78 is 4.93. The summed E-state index contributed by atoms with van der Waals surface area (Å²) in [5, 5.41) is 6.56. The van der Waals surface area contributed by atoms with E-state index in [4.69, 9.17) is 16.3 Å². The van der Waals surface area contributed by atoms with Crippen molar-refractivity contribution in [2.45, 2.75) is 6.54 Å². The Balaban J connectivity index is 1.67. The minimum Gasteiger partial charge on any atom is -0.447 e. The number of carbonyl (C=O) groups excluding carboxylic acids is 1. The minimum absolute atomic E-state index is 0.301. The number of nitrogens with zero attached hydrogens (tertiary/aromatic N) is 3. The lowest BCUT2D eigenvalue weighted by atomic mass is 10.2. The third-order valence-electron chi connectivity index (χ3n) is 3.52. The number of halogens is 1. The molecule has 0 aliphatic carbocycles. The molecule has 8 heteroatoms. The van der Waals surface area contributed by atoms with Crippen LogP contribution in [-0.2, 0) is 11.3 Å². The van der Waals surface area contributed by atoms with Gasteiger partial charge < -0.3 is 15.4 Å². The maximum absolute atomic E-state index is 11.5. The van der Waals surface area contributed by atoms with E-state index in [1.54, 1.807) is 11.9 Å². The summed E-state index contributed by atoms with van der Waals surface area (Å²) in [4.78, 5) is 21.3. The van der Waals surface area contributed by atoms with Gasteiger partial charge in [0.15, 0.2) is 11.0 Å². The van der Waals surface area contributed by atoms with Gasteiger partial charge in [-0.05, 0) is 17.7 Å². The second-order valence-corrected chi connectivity index (χ2v) is 5.28. The summed E-state index contributed by atoms with van der Waals surface area (Å²) in [7, 11) is 1.76. The lowest BCUT2D eigenvalue weighted by Crippen LogP contribution is -2.23. The molecule has 23 heavy (non-hydrogen) atoms. The number of rotatable bonds is 5. The van der Waals surface area contributed by atoms with Crippen LogP contribution in [0.3, 0.4) is 0 Å². The molecule has 0 spiro atoms. The van der Waals surface area contributed by atoms with Crippen LogP contribution in [0.2, 0.25) is 5.15 Å². The Bertz CT molecular complexity index is 708. The molecule has 2 N–H and O–H groups in total. The SMILES string of the molecule is CNc1c(Cl)ncnc1NCc1ccc(N2CCOC2=O)cc1. The number of cyclic esters (lactones) is 1. The number of hydrogen-bond donors (Lipinski definition) is 2. The van der Waals surface area contributed by atoms with E-state index in [0.717, 1.165) is 11.3 Å². The van der Waals surface area contributed by atoms with Gasteiger partial charge in [0, 0.05) is 19.3 Å². The van der Waals surface area contributed by atoms with Crippen molar-refractivity contribution in [2.24, 2.45) is 0 Å². The summed E-state index contributed by atoms with van der Waals surface area (Å²) in [6.45, 7) is 1.59. The molecule has 7 nitrogen and oxygen atoms in total. The van der Waals surface area contributed by atoms with Gasteiger partial charge in [0.1, 0.15) is 18.6 Å². The van der Waals surface area contributed by atoms with Crippen LogP contribution >= 0.6 is 11.6 Å². The molecule has 1 aromatic heterocycles. The summed E-state index contributed by atoms with van der Waals surface area (Å²) in [6.07, 6.45) is 1.11. The Kier molecular flexibility index (Phi) is 4.47. The molecule has 1 fully saturated rings. The van der Waals surface area contributed by atoms with Crippen molar-refractivity contribution in [2.75, 3.05) is 35.7 Å². The second-order valence-electron chi connectivity index (χ2n) is 4.92. The molecule has 1 saturated heterocycles. The van der Waals surface area contributed by atoms with E-state index in [2.05, 4.69) is 20.6 Å². The van der Waals surface area contributed by atoms with Crippen LogP contribution in [0.5, 0.6) is 0 Å². The van der Waals surface area contributed by atoms with Crippen LogP contribution in [0.15, 0.2) is 30.6 Å². The van der Waals surface area contributed by atoms with Crippen LogP contribution in [0.25, 0.3) is 0 Å². The molecule has 0 saturated carbocycles. The fourth-order valence-corrected chi connectivity index (χ4v) is 2.55. The van der Waals surface area contributed by atoms with Gasteiger partial charge in [0.25, 0.3) is 0 Å². The first-order valence-corrected chi connectivity index (χ1v) is 7.52. The average molecular weight is 334 g/mol. The highest BCUT2D eigenvalue weighted by Gasteiger charge is 2.23. The average Bonchev–Trinajstić information content (AvgIpc) is 2.99. The lowest BCUT2D eigenvalue weighted by Gasteiger charge is -2.14. The summed E-state index contributed by atoms with van der Waals surface area (Å²) >= 11 is 6.02. The Hall–Kier alpha value is -2.54. The van der Waals surface area contributed by atoms with Gasteiger partial charge in [-0.1, -0.05) is 23.7 Å². The highest BCUT2D eigenvalue weighted by molar-refractivity contribution is 6.32. The molecule has 0 radical (unpaired) electrons. The summed E-state index contributed by atoms with van der Waals surface area (Å²) in [6, 6.07) is 7.70. The van der Waals surface area contributed by atoms with E-state index in [0.29, 0.717) is 36.4 Å². The van der Waals surface area contributed by atoms with Crippen molar-refractivity contribution in [1.82, 2.24) is 9.97 Å². The number of amides is 1. The number of nitrogens with one attached hydrogen (secondary N) is 2. The van der Waals surface area contributed by atoms with Crippen LogP contribution in [-0.4, -0.2) is 36.3 Å². The molecule has 1 aliphatic rings. The van der Waals surface area contributed by atoms with E-state index in [9.17, 15) is 4.79 Å². The van der Waals surface area contributed by atoms with Crippen LogP contribution < -0.4 is 15.5 Å². The largest absolute Gasteiger partial charge is 0.447 e. The fraction of sp³-hybridized carbons (Fsp3) is 0.267. The van der Waals surface area contributed by atoms with Crippen molar-refractivity contribution >= 4 is 34.9 Å². The number of hydrogen-bond acceptors (Lipinski definition) is 6. The normalized spacial score (nSPS) is 13.8. The topological polar surface area (TPSA) is 79.4 Å². The molecule has 120 valence electrons. The molecule has 0 atom stereocenters. The first-order chi connectivity index (χ1) is 11.2. The maximum atomic E-state index is 11.5. The van der Waals surface area contributed by atoms with Gasteiger partial charge in [0.2, 0.25) is 0 Å². The standard InChI is InChI=1S/C15H16ClN5O2/c1-17-12-13(16)19-9-20-14(12)18-8-10-2-4-11(5-3-10)21-6-7-23-15(21)22/h2-5,9,17H,6-8H2,1H3,(H,18,19,20). The van der Waals surface area contributed by atoms with Crippen molar-refractivity contribution in [3.05, 3.63) is 41.3 Å². The number of carbonyl (C=O) groups is 1. The zero-order chi connectivity index (χ0) is 16.2. The molecule has 1 aliphatic heterocycles. The number of ether oxygens (including phenoxy) is 1. The highest BCUT2D eigenvalue weighted by atomic mass is 35.5. The number of aromatic nitrogens is 2. The Morgan fingerprint density at radius 3 is 2.74 bits per heavy atom. The molecule has 1 aromatic carbocycles. The monoisotopic (exact) mass is 333 g/mol. The Morgan fingerprint density at radius 1 is 1.30 bits per heavy atom. The molecule has 0 unspecified atom stereocenters. The lowest BCUT2D eigenvalue weighted by molar-refractivity contribution is 0.181. The maximum Gasteiger partial charge on any atom is 0.414 e. The molecule has 2 aromatic rings. The molecule has 3 rings (SSSR count). The van der Waals surface area contributed by atoms with Crippen molar-refractivity contribution in [3.8, 4) is 0 Å². The number of anilines is 3. The van der Waals surface area contributed by atoms with Gasteiger partial charge in [-0.25, -0.2) is 14.8 Å². The predicted molar refractivity (Wildman–Crippen MR) is 89.1 cm³/mol. The summed E-state index contributed by atoms with van der Waals surface area (Å²) in [5.74, 6) is 0.639. The van der Waals surface area contributed by atoms with Crippen molar-refractivity contribution < 1.29 is 9.53 Å². The highest BCUT2D eigenvalue weighted by Crippen LogP contribution is 2.26. The first kappa shape index (κ1) is 15.4. The van der Waals surface area contributed by atoms with Gasteiger partial charge in [-0.3, -0.25) is 4.90 Å². The van der Waals surface area contributed by atoms with Gasteiger partial charge in [0.05, 0.1) is 6.54 Å². The zero-order valence-electron chi connectivity index (χ0n) is 12.5. The van der Waals surface area contributed by atoms with Crippen molar-refractivity contribution in [1.29, 1.82) is 0 Å². The van der Waals surface area contributed by atoms with E-state index in [1.165, 1.54) is 6.33 Å². The molecule has 2 heterocycles. The van der Waals surface area contributed by atoms with Crippen LogP contribution in [0.4, 0.5) is 22.0 Å². The zero-order valence-corrected chi connectivity index (χ0v) is 13.3. The quantitative estimate of drug-likeness (QED) is 0.819. The molecular weight excluding hydrogens is 318 g/mol. The summed E-state index contributed by atoms with van der Waals surface area (Å²) in [5.41, 5.74) is 2.54. The fourth-order valence-electron chi connectivity index (χ4n) is 2.33. The second kappa shape index (κ2) is 6.70. The van der Waals surface area contributed by atoms with Gasteiger partial charge >= 0.3 is 6.09 Å². The Morgan fingerprint density at radius 2 is 2.09 bits per heavy atom. The van der Waals surface area contributed by atoms with Gasteiger partial charge in [-0.2, -0.15) is 0 Å². The first-order valence-electron chi connectivity index (χ1n) is 7.14. The van der Waals surface area contributed by atoms with Crippen LogP contribution in [0.1, 0.15) is 5.56 Å². The van der Waals surface area contributed by atoms with E-state index in [-0.39, 0.29) is 6.09 Å². The van der Waals surface area contributed by atoms with Gasteiger partial charge in [-0.15, -0.1) is 0 Å². The smallest absolute Gasteiger partial charge is 0.414 e. The number of benzene rings is 1.